The monoisotopic (exact) mass is 1280 g/mol. The molecule has 0 aliphatic carbocycles. The largest absolute Gasteiger partial charge is 0.496 e. The fourth-order valence-electron chi connectivity index (χ4n) is 10.0. The molecule has 0 aromatic heterocycles. The van der Waals surface area contributed by atoms with Crippen molar-refractivity contribution in [2.75, 3.05) is 55.9 Å². The van der Waals surface area contributed by atoms with Crippen molar-refractivity contribution >= 4 is 27.9 Å². The number of alkyl halides is 1. The van der Waals surface area contributed by atoms with Crippen LogP contribution in [0, 0.1) is 20.8 Å². The fourth-order valence-corrected chi connectivity index (χ4v) is 10.6. The van der Waals surface area contributed by atoms with Crippen molar-refractivity contribution in [3.05, 3.63) is 267 Å². The summed E-state index contributed by atoms with van der Waals surface area (Å²) in [5, 5.41) is 0. The summed E-state index contributed by atoms with van der Waals surface area (Å²) in [5.41, 5.74) is 11.9. The van der Waals surface area contributed by atoms with Gasteiger partial charge < -0.3 is 52.1 Å². The molecule has 0 saturated carbocycles. The number of methoxy groups -OCH3 is 6. The number of carbonyl (C=O) groups excluding carboxylic acids is 2. The first-order valence-electron chi connectivity index (χ1n) is 29.7. The zero-order valence-corrected chi connectivity index (χ0v) is 54.8. The molecule has 9 aromatic rings. The first-order valence-corrected chi connectivity index (χ1v) is 30.6. The third-order valence-corrected chi connectivity index (χ3v) is 15.9. The van der Waals surface area contributed by atoms with Crippen LogP contribution in [0.3, 0.4) is 0 Å². The van der Waals surface area contributed by atoms with E-state index in [2.05, 4.69) is 40.2 Å². The van der Waals surface area contributed by atoms with E-state index in [0.29, 0.717) is 67.2 Å². The molecule has 14 heteroatoms. The van der Waals surface area contributed by atoms with Crippen molar-refractivity contribution in [1.82, 2.24) is 0 Å². The lowest BCUT2D eigenvalue weighted by molar-refractivity contribution is -0.145. The Bertz CT molecular complexity index is 3710. The van der Waals surface area contributed by atoms with Gasteiger partial charge in [-0.15, -0.1) is 0 Å². The minimum absolute atomic E-state index is 0.0315. The Morgan fingerprint density at radius 2 is 0.689 bits per heavy atom. The molecule has 0 spiro atoms. The summed E-state index contributed by atoms with van der Waals surface area (Å²) in [6, 6.07) is 65.3. The first kappa shape index (κ1) is 68.1. The van der Waals surface area contributed by atoms with Crippen LogP contribution in [0.1, 0.15) is 97.3 Å². The highest BCUT2D eigenvalue weighted by Gasteiger charge is 2.36. The second kappa shape index (κ2) is 35.0. The molecule has 0 radical (unpaired) electrons. The molecule has 3 atom stereocenters. The predicted molar refractivity (Wildman–Crippen MR) is 357 cm³/mol. The Hall–Kier alpha value is -9.40. The minimum atomic E-state index is -0.754. The van der Waals surface area contributed by atoms with Crippen molar-refractivity contribution in [3.8, 4) is 51.7 Å². The number of esters is 2. The van der Waals surface area contributed by atoms with Gasteiger partial charge >= 0.3 is 11.9 Å². The molecule has 90 heavy (non-hydrogen) atoms. The van der Waals surface area contributed by atoms with Gasteiger partial charge in [-0.1, -0.05) is 162 Å². The Kier molecular flexibility index (Phi) is 26.5. The van der Waals surface area contributed by atoms with E-state index in [1.807, 2.05) is 204 Å². The summed E-state index contributed by atoms with van der Waals surface area (Å²) in [6.45, 7) is 11.5. The van der Waals surface area contributed by atoms with Gasteiger partial charge in [0.1, 0.15) is 37.1 Å². The quantitative estimate of drug-likeness (QED) is 0.0376. The first-order chi connectivity index (χ1) is 43.7. The van der Waals surface area contributed by atoms with E-state index in [1.54, 1.807) is 49.6 Å². The summed E-state index contributed by atoms with van der Waals surface area (Å²) >= 11 is 3.79. The number of rotatable bonds is 26. The molecule has 0 aliphatic heterocycles. The van der Waals surface area contributed by atoms with Crippen molar-refractivity contribution < 1.29 is 61.7 Å². The minimum Gasteiger partial charge on any atom is -0.496 e. The number of aryl methyl sites for hydroxylation is 3. The molecule has 0 aliphatic rings. The maximum absolute atomic E-state index is 14.0. The van der Waals surface area contributed by atoms with E-state index >= 15 is 0 Å². The third-order valence-electron chi connectivity index (χ3n) is 14.8. The second-order valence-corrected chi connectivity index (χ2v) is 21.8. The van der Waals surface area contributed by atoms with E-state index in [1.165, 1.54) is 0 Å². The van der Waals surface area contributed by atoms with Gasteiger partial charge in [0.05, 0.1) is 73.0 Å². The van der Waals surface area contributed by atoms with Gasteiger partial charge in [0.15, 0.2) is 34.5 Å². The van der Waals surface area contributed by atoms with Crippen molar-refractivity contribution in [1.29, 1.82) is 0 Å². The van der Waals surface area contributed by atoms with Crippen LogP contribution in [-0.4, -0.2) is 67.8 Å². The molecule has 9 aromatic carbocycles. The number of hydrogen-bond acceptors (Lipinski definition) is 13. The number of benzene rings is 9. The van der Waals surface area contributed by atoms with Crippen molar-refractivity contribution in [3.63, 3.8) is 0 Å². The predicted octanol–water partition coefficient (Wildman–Crippen LogP) is 16.8. The Balaban J connectivity index is 0.000000228. The molecule has 0 amide bonds. The summed E-state index contributed by atoms with van der Waals surface area (Å²) in [5.74, 6) is 4.26. The van der Waals surface area contributed by atoms with Crippen LogP contribution >= 0.6 is 15.9 Å². The van der Waals surface area contributed by atoms with Crippen molar-refractivity contribution in [2.24, 2.45) is 0 Å². The molecule has 0 bridgehead atoms. The van der Waals surface area contributed by atoms with Gasteiger partial charge in [-0.25, -0.2) is 0 Å². The van der Waals surface area contributed by atoms with Crippen LogP contribution in [0.2, 0.25) is 0 Å². The highest BCUT2D eigenvalue weighted by molar-refractivity contribution is 9.09. The smallest absolute Gasteiger partial charge is 0.314 e. The molecule has 0 heterocycles. The lowest BCUT2D eigenvalue weighted by atomic mass is 9.76. The van der Waals surface area contributed by atoms with Gasteiger partial charge in [0, 0.05) is 5.92 Å². The summed E-state index contributed by atoms with van der Waals surface area (Å²) in [4.78, 5) is 25.3. The maximum Gasteiger partial charge on any atom is 0.314 e. The maximum atomic E-state index is 14.0. The standard InChI is InChI=1S/C41H42O7.C23H23BrO3.C12H16O3/c1-6-46-41(42)40(33-20-22-35(38(25-33)45-5)48-27-30-15-11-8-12-16-30)39(31-18-17-28(2)36(23-31)43-3)32-19-21-34(37(24-32)44-4)47-26-29-13-9-7-10-14-29;1-16-9-10-18(13-21(16)25-2)23(24)19-11-12-20(22(14-19)26-3)27-15-17-7-5-4-6-8-17;1-4-15-12(13)8-10-6-5-9(2)11(7-10)14-3/h7-25,39-40H,6,26-27H2,1-5H3;4-14,23H,15H2,1-3H3;5-7H,4,8H2,1-3H3. The molecule has 0 saturated heterocycles. The van der Waals surface area contributed by atoms with E-state index in [0.717, 1.165) is 84.2 Å². The Morgan fingerprint density at radius 1 is 0.356 bits per heavy atom. The van der Waals surface area contributed by atoms with E-state index in [-0.39, 0.29) is 23.4 Å². The molecular formula is C76H81BrO13. The lowest BCUT2D eigenvalue weighted by Crippen LogP contribution is -2.24. The van der Waals surface area contributed by atoms with Crippen LogP contribution in [0.25, 0.3) is 0 Å². The molecule has 3 unspecified atom stereocenters. The number of hydrogen-bond donors (Lipinski definition) is 0. The summed E-state index contributed by atoms with van der Waals surface area (Å²) in [7, 11) is 9.82. The van der Waals surface area contributed by atoms with Crippen LogP contribution in [0.15, 0.2) is 200 Å². The van der Waals surface area contributed by atoms with Crippen LogP contribution in [-0.2, 0) is 45.3 Å². The average molecular weight is 1280 g/mol. The van der Waals surface area contributed by atoms with Crippen LogP contribution < -0.4 is 42.6 Å². The van der Waals surface area contributed by atoms with Gasteiger partial charge in [-0.2, -0.15) is 0 Å². The van der Waals surface area contributed by atoms with E-state index in [9.17, 15) is 9.59 Å². The third kappa shape index (κ3) is 19.1. The summed E-state index contributed by atoms with van der Waals surface area (Å²) < 4.78 is 62.4. The topological polar surface area (TPSA) is 136 Å². The van der Waals surface area contributed by atoms with E-state index < -0.39 is 11.8 Å². The molecular weight excluding hydrogens is 1200 g/mol. The van der Waals surface area contributed by atoms with Gasteiger partial charge in [0.25, 0.3) is 0 Å². The highest BCUT2D eigenvalue weighted by atomic mass is 79.9. The lowest BCUT2D eigenvalue weighted by Gasteiger charge is -2.29. The molecule has 470 valence electrons. The molecule has 13 nitrogen and oxygen atoms in total. The Labute approximate surface area is 538 Å². The van der Waals surface area contributed by atoms with Gasteiger partial charge in [0.2, 0.25) is 0 Å². The fraction of sp³-hybridized carbons (Fsp3) is 0.263. The number of halogens is 1. The zero-order valence-electron chi connectivity index (χ0n) is 53.2. The number of carbonyl (C=O) groups is 2. The zero-order chi connectivity index (χ0) is 64.4. The second-order valence-electron chi connectivity index (χ2n) is 20.9. The molecule has 0 fully saturated rings. The molecule has 9 rings (SSSR count). The summed E-state index contributed by atoms with van der Waals surface area (Å²) in [6.07, 6.45) is 0.296. The number of ether oxygens (including phenoxy) is 11. The van der Waals surface area contributed by atoms with Crippen LogP contribution in [0.4, 0.5) is 0 Å². The van der Waals surface area contributed by atoms with Gasteiger partial charge in [-0.3, -0.25) is 9.59 Å². The Morgan fingerprint density at radius 3 is 1.11 bits per heavy atom. The van der Waals surface area contributed by atoms with Gasteiger partial charge in [-0.05, 0) is 156 Å². The normalized spacial score (nSPS) is 11.6. The van der Waals surface area contributed by atoms with E-state index in [4.69, 9.17) is 52.1 Å². The highest BCUT2D eigenvalue weighted by Crippen LogP contribution is 2.46. The van der Waals surface area contributed by atoms with Crippen molar-refractivity contribution in [2.45, 2.75) is 77.5 Å². The van der Waals surface area contributed by atoms with Crippen LogP contribution in [0.5, 0.6) is 51.7 Å². The molecule has 0 N–H and O–H groups in total. The SMILES string of the molecule is CCOC(=O)C(c1ccc(OCc2ccccc2)c(OC)c1)C(c1ccc(C)c(OC)c1)c1ccc(OCc2ccccc2)c(OC)c1.CCOC(=O)Cc1ccc(C)c(OC)c1.COc1cc(C(Br)c2ccc(OCc3ccccc3)c(OC)c2)ccc1C. The average Bonchev–Trinajstić information content (AvgIpc) is 3.31.